The van der Waals surface area contributed by atoms with E-state index in [9.17, 15) is 22.4 Å². The van der Waals surface area contributed by atoms with Gasteiger partial charge in [0.05, 0.1) is 17.9 Å². The van der Waals surface area contributed by atoms with Gasteiger partial charge < -0.3 is 19.5 Å². The molecule has 16 heteroatoms. The van der Waals surface area contributed by atoms with E-state index < -0.39 is 38.9 Å². The molecule has 1 aromatic carbocycles. The molecular weight excluding hydrogens is 634 g/mol. The Kier molecular flexibility index (Phi) is 8.57. The largest absolute Gasteiger partial charge is 0.449 e. The first kappa shape index (κ1) is 32.2. The minimum Gasteiger partial charge on any atom is -0.449 e. The number of ketones is 1. The van der Waals surface area contributed by atoms with Crippen LogP contribution in [0.1, 0.15) is 42.6 Å². The van der Waals surface area contributed by atoms with E-state index in [1.165, 1.54) is 13.2 Å². The number of pyridine rings is 1. The van der Waals surface area contributed by atoms with E-state index in [0.29, 0.717) is 47.8 Å². The fourth-order valence-electron chi connectivity index (χ4n) is 5.74. The second-order valence-electron chi connectivity index (χ2n) is 11.9. The summed E-state index contributed by atoms with van der Waals surface area (Å²) in [7, 11) is -2.83. The molecule has 1 amide bonds. The number of halogens is 2. The summed E-state index contributed by atoms with van der Waals surface area (Å²) in [5.74, 6) is -2.92. The first-order valence-electron chi connectivity index (χ1n) is 15.2. The lowest BCUT2D eigenvalue weighted by atomic mass is 9.73. The van der Waals surface area contributed by atoms with Gasteiger partial charge in [-0.3, -0.25) is 9.52 Å². The standard InChI is InChI=1S/C31H34F2N8O5S/c1-4-6-9-46-30(43)41-17-31(18-41)15-40(16-31)29-36-12-20(13-37-29)19-10-21-22(14-35-28(21)34-11-19)27(42)25-23(32)7-8-24(26(25)33)38-47(44,45)39(3)5-2/h7-8,10-14,38H,4-6,9,15-18H2,1-3H3,(H,34,35). The average Bonchev–Trinajstić information content (AvgIpc) is 3.44. The lowest BCUT2D eigenvalue weighted by Gasteiger charge is -2.59. The molecule has 4 aromatic rings. The van der Waals surface area contributed by atoms with Crippen LogP contribution >= 0.6 is 0 Å². The molecule has 2 saturated heterocycles. The molecular formula is C31H34F2N8O5S. The zero-order valence-electron chi connectivity index (χ0n) is 26.1. The smallest absolute Gasteiger partial charge is 0.409 e. The first-order chi connectivity index (χ1) is 22.4. The zero-order valence-corrected chi connectivity index (χ0v) is 26.9. The fraction of sp³-hybridized carbons (Fsp3) is 0.387. The highest BCUT2D eigenvalue weighted by atomic mass is 32.2. The third-order valence-corrected chi connectivity index (χ3v) is 10.1. The summed E-state index contributed by atoms with van der Waals surface area (Å²) in [6, 6.07) is 3.40. The average molecular weight is 669 g/mol. The van der Waals surface area contributed by atoms with Gasteiger partial charge in [-0.1, -0.05) is 20.3 Å². The molecule has 5 heterocycles. The molecule has 2 N–H and O–H groups in total. The molecule has 0 unspecified atom stereocenters. The number of rotatable bonds is 11. The highest BCUT2D eigenvalue weighted by Crippen LogP contribution is 2.41. The number of hydrogen-bond acceptors (Lipinski definition) is 9. The van der Waals surface area contributed by atoms with E-state index in [1.807, 2.05) is 11.8 Å². The topological polar surface area (TPSA) is 154 Å². The van der Waals surface area contributed by atoms with Crippen molar-refractivity contribution in [3.05, 3.63) is 65.7 Å². The SMILES string of the molecule is CCCCOC(=O)N1CC2(C1)CN(c1ncc(-c3cnc4[nH]cc(C(=O)c5c(F)ccc(NS(=O)(=O)N(C)CC)c5F)c4c3)cn1)C2. The van der Waals surface area contributed by atoms with Crippen molar-refractivity contribution in [3.8, 4) is 11.1 Å². The van der Waals surface area contributed by atoms with Crippen molar-refractivity contribution in [2.75, 3.05) is 56.0 Å². The van der Waals surface area contributed by atoms with E-state index in [4.69, 9.17) is 4.74 Å². The van der Waals surface area contributed by atoms with Crippen LogP contribution in [0, 0.1) is 17.0 Å². The van der Waals surface area contributed by atoms with Gasteiger partial charge >= 0.3 is 16.3 Å². The number of H-pyrrole nitrogens is 1. The summed E-state index contributed by atoms with van der Waals surface area (Å²) in [5.41, 5.74) is -0.00331. The number of benzene rings is 1. The molecule has 13 nitrogen and oxygen atoms in total. The number of nitrogens with zero attached hydrogens (tertiary/aromatic N) is 6. The van der Waals surface area contributed by atoms with Crippen LogP contribution < -0.4 is 9.62 Å². The maximum Gasteiger partial charge on any atom is 0.409 e. The van der Waals surface area contributed by atoms with Gasteiger partial charge in [-0.2, -0.15) is 12.7 Å². The third-order valence-electron chi connectivity index (χ3n) is 8.53. The fourth-order valence-corrected chi connectivity index (χ4v) is 6.67. The van der Waals surface area contributed by atoms with Crippen LogP contribution in [-0.2, 0) is 14.9 Å². The number of amides is 1. The maximum atomic E-state index is 15.5. The normalized spacial score (nSPS) is 15.5. The van der Waals surface area contributed by atoms with Gasteiger partial charge in [-0.15, -0.1) is 0 Å². The summed E-state index contributed by atoms with van der Waals surface area (Å²) in [6.07, 6.45) is 7.67. The van der Waals surface area contributed by atoms with Crippen LogP contribution in [0.5, 0.6) is 0 Å². The number of carbonyl (C=O) groups excluding carboxylic acids is 2. The Bertz CT molecular complexity index is 1940. The Morgan fingerprint density at radius 2 is 1.77 bits per heavy atom. The van der Waals surface area contributed by atoms with Crippen molar-refractivity contribution in [3.63, 3.8) is 0 Å². The van der Waals surface area contributed by atoms with Crippen LogP contribution in [-0.4, -0.2) is 95.8 Å². The van der Waals surface area contributed by atoms with Gasteiger partial charge in [0.15, 0.2) is 5.82 Å². The lowest BCUT2D eigenvalue weighted by molar-refractivity contribution is -0.0212. The monoisotopic (exact) mass is 668 g/mol. The second-order valence-corrected chi connectivity index (χ2v) is 13.7. The molecule has 2 fully saturated rings. The Hall–Kier alpha value is -4.70. The molecule has 2 aliphatic heterocycles. The van der Waals surface area contributed by atoms with Crippen molar-refractivity contribution < 1.29 is 31.5 Å². The summed E-state index contributed by atoms with van der Waals surface area (Å²) in [4.78, 5) is 45.6. The molecule has 248 valence electrons. The van der Waals surface area contributed by atoms with Gasteiger partial charge in [0.25, 0.3) is 0 Å². The number of carbonyl (C=O) groups is 2. The molecule has 0 bridgehead atoms. The van der Waals surface area contributed by atoms with Crippen LogP contribution in [0.3, 0.4) is 0 Å². The molecule has 0 radical (unpaired) electrons. The van der Waals surface area contributed by atoms with Gasteiger partial charge in [0, 0.05) is 92.1 Å². The molecule has 2 aliphatic rings. The van der Waals surface area contributed by atoms with Crippen molar-refractivity contribution in [2.24, 2.45) is 5.41 Å². The summed E-state index contributed by atoms with van der Waals surface area (Å²) >= 11 is 0. The van der Waals surface area contributed by atoms with Gasteiger partial charge in [0.2, 0.25) is 11.7 Å². The molecule has 0 aliphatic carbocycles. The third kappa shape index (κ3) is 6.10. The molecule has 47 heavy (non-hydrogen) atoms. The van der Waals surface area contributed by atoms with E-state index >= 15 is 4.39 Å². The molecule has 0 atom stereocenters. The number of unbranched alkanes of at least 4 members (excludes halogenated alkanes) is 1. The van der Waals surface area contributed by atoms with E-state index in [1.54, 1.807) is 36.5 Å². The van der Waals surface area contributed by atoms with Crippen LogP contribution in [0.4, 0.5) is 25.2 Å². The molecule has 3 aromatic heterocycles. The molecule has 6 rings (SSSR count). The maximum absolute atomic E-state index is 15.5. The second kappa shape index (κ2) is 12.5. The highest BCUT2D eigenvalue weighted by molar-refractivity contribution is 7.90. The van der Waals surface area contributed by atoms with Gasteiger partial charge in [-0.25, -0.2) is 28.5 Å². The lowest BCUT2D eigenvalue weighted by Crippen LogP contribution is -2.73. The van der Waals surface area contributed by atoms with Crippen LogP contribution in [0.2, 0.25) is 0 Å². The Morgan fingerprint density at radius 1 is 1.06 bits per heavy atom. The number of anilines is 2. The summed E-state index contributed by atoms with van der Waals surface area (Å²) in [6.45, 7) is 6.90. The Morgan fingerprint density at radius 3 is 2.45 bits per heavy atom. The zero-order chi connectivity index (χ0) is 33.5. The molecule has 1 spiro atoms. The highest BCUT2D eigenvalue weighted by Gasteiger charge is 2.54. The summed E-state index contributed by atoms with van der Waals surface area (Å²) in [5, 5.41) is 0.305. The Labute approximate surface area is 270 Å². The minimum absolute atomic E-state index is 0.0205. The van der Waals surface area contributed by atoms with Crippen molar-refractivity contribution in [1.82, 2.24) is 29.1 Å². The van der Waals surface area contributed by atoms with Gasteiger partial charge in [0.1, 0.15) is 11.5 Å². The summed E-state index contributed by atoms with van der Waals surface area (Å²) < 4.78 is 63.5. The van der Waals surface area contributed by atoms with Crippen molar-refractivity contribution >= 4 is 44.8 Å². The van der Waals surface area contributed by atoms with Crippen molar-refractivity contribution in [2.45, 2.75) is 26.7 Å². The van der Waals surface area contributed by atoms with Crippen LogP contribution in [0.15, 0.2) is 43.0 Å². The first-order valence-corrected chi connectivity index (χ1v) is 16.6. The minimum atomic E-state index is -4.13. The number of likely N-dealkylation sites (tertiary alicyclic amines) is 1. The van der Waals surface area contributed by atoms with Crippen LogP contribution in [0.25, 0.3) is 22.2 Å². The van der Waals surface area contributed by atoms with E-state index in [2.05, 4.69) is 24.7 Å². The van der Waals surface area contributed by atoms with Gasteiger partial charge in [-0.05, 0) is 24.6 Å². The number of ether oxygens (including phenoxy) is 1. The Balaban J connectivity index is 1.16. The number of nitrogens with one attached hydrogen (secondary N) is 2. The number of fused-ring (bicyclic) bond motifs is 1. The van der Waals surface area contributed by atoms with Crippen molar-refractivity contribution in [1.29, 1.82) is 0 Å². The quantitative estimate of drug-likeness (QED) is 0.177. The number of hydrogen-bond donors (Lipinski definition) is 2. The predicted molar refractivity (Wildman–Crippen MR) is 170 cm³/mol. The number of aromatic amines is 1. The van der Waals surface area contributed by atoms with E-state index in [-0.39, 0.29) is 23.6 Å². The van der Waals surface area contributed by atoms with E-state index in [0.717, 1.165) is 42.4 Å². The number of aromatic nitrogens is 4. The molecule has 0 saturated carbocycles. The predicted octanol–water partition coefficient (Wildman–Crippen LogP) is 4.20.